The van der Waals surface area contributed by atoms with Crippen molar-refractivity contribution < 1.29 is 15.0 Å². The molecular formula is C13H19NO3. The molecule has 0 atom stereocenters. The molecule has 0 aliphatic carbocycles. The maximum Gasteiger partial charge on any atom is 0.251 e. The molecule has 0 radical (unpaired) electrons. The lowest BCUT2D eigenvalue weighted by Crippen LogP contribution is -2.57. The fraction of sp³-hybridized carbons (Fsp3) is 0.462. The molecule has 1 amide bonds. The van der Waals surface area contributed by atoms with Crippen LogP contribution in [0.1, 0.15) is 38.1 Å². The molecule has 94 valence electrons. The number of carbonyl (C=O) groups excluding carboxylic acids is 1. The van der Waals surface area contributed by atoms with Crippen molar-refractivity contribution in [3.8, 4) is 5.75 Å². The topological polar surface area (TPSA) is 69.6 Å². The van der Waals surface area contributed by atoms with Gasteiger partial charge in [0.15, 0.2) is 0 Å². The Morgan fingerprint density at radius 3 is 2.00 bits per heavy atom. The lowest BCUT2D eigenvalue weighted by Gasteiger charge is -2.38. The van der Waals surface area contributed by atoms with E-state index in [4.69, 9.17) is 5.11 Å². The zero-order valence-corrected chi connectivity index (χ0v) is 10.6. The average Bonchev–Trinajstić information content (AvgIpc) is 2.16. The normalized spacial score (nSPS) is 12.3. The van der Waals surface area contributed by atoms with Crippen LogP contribution in [0.15, 0.2) is 24.3 Å². The Labute approximate surface area is 101 Å². The lowest BCUT2D eigenvalue weighted by molar-refractivity contribution is -0.00292. The number of amides is 1. The molecule has 4 heteroatoms. The van der Waals surface area contributed by atoms with Gasteiger partial charge in [-0.25, -0.2) is 0 Å². The highest BCUT2D eigenvalue weighted by Crippen LogP contribution is 2.21. The van der Waals surface area contributed by atoms with Crippen LogP contribution in [0.3, 0.4) is 0 Å². The molecule has 1 aromatic rings. The summed E-state index contributed by atoms with van der Waals surface area (Å²) in [7, 11) is 0. The Morgan fingerprint density at radius 1 is 1.12 bits per heavy atom. The predicted molar refractivity (Wildman–Crippen MR) is 65.9 cm³/mol. The minimum atomic E-state index is -1.03. The third kappa shape index (κ3) is 3.20. The quantitative estimate of drug-likeness (QED) is 0.749. The first-order chi connectivity index (χ1) is 7.63. The van der Waals surface area contributed by atoms with Gasteiger partial charge in [0.25, 0.3) is 5.91 Å². The van der Waals surface area contributed by atoms with Crippen molar-refractivity contribution >= 4 is 5.91 Å². The van der Waals surface area contributed by atoms with Crippen LogP contribution in [0, 0.1) is 0 Å². The van der Waals surface area contributed by atoms with Gasteiger partial charge in [-0.3, -0.25) is 4.79 Å². The van der Waals surface area contributed by atoms with Gasteiger partial charge in [-0.1, -0.05) is 0 Å². The van der Waals surface area contributed by atoms with Crippen LogP contribution in [0.5, 0.6) is 5.75 Å². The van der Waals surface area contributed by atoms with Crippen LogP contribution in [-0.2, 0) is 0 Å². The summed E-state index contributed by atoms with van der Waals surface area (Å²) < 4.78 is 0. The number of benzene rings is 1. The van der Waals surface area contributed by atoms with Gasteiger partial charge in [0.1, 0.15) is 5.75 Å². The predicted octanol–water partition coefficient (Wildman–Crippen LogP) is 1.67. The smallest absolute Gasteiger partial charge is 0.251 e. The van der Waals surface area contributed by atoms with Crippen LogP contribution in [0.2, 0.25) is 0 Å². The zero-order valence-electron chi connectivity index (χ0n) is 10.6. The van der Waals surface area contributed by atoms with Crippen molar-refractivity contribution in [2.75, 3.05) is 0 Å². The van der Waals surface area contributed by atoms with Gasteiger partial charge in [0.2, 0.25) is 0 Å². The summed E-state index contributed by atoms with van der Waals surface area (Å²) in [5, 5.41) is 21.8. The molecule has 0 aliphatic heterocycles. The van der Waals surface area contributed by atoms with Crippen molar-refractivity contribution in [2.45, 2.75) is 38.8 Å². The number of aromatic hydroxyl groups is 1. The third-order valence-corrected chi connectivity index (χ3v) is 3.09. The number of hydrogen-bond acceptors (Lipinski definition) is 3. The highest BCUT2D eigenvalue weighted by atomic mass is 16.3. The molecule has 0 spiro atoms. The summed E-state index contributed by atoms with van der Waals surface area (Å²) in [5.74, 6) is -0.166. The molecule has 0 heterocycles. The van der Waals surface area contributed by atoms with E-state index < -0.39 is 11.1 Å². The standard InChI is InChI=1S/C13H19NO3/c1-12(2,13(3,4)17)14-11(16)9-5-7-10(15)8-6-9/h5-8,15,17H,1-4H3,(H,14,16). The van der Waals surface area contributed by atoms with E-state index in [0.29, 0.717) is 5.56 Å². The van der Waals surface area contributed by atoms with E-state index in [2.05, 4.69) is 5.32 Å². The Hall–Kier alpha value is -1.55. The molecule has 1 rings (SSSR count). The fourth-order valence-corrected chi connectivity index (χ4v) is 1.12. The number of hydrogen-bond donors (Lipinski definition) is 3. The van der Waals surface area contributed by atoms with E-state index in [0.717, 1.165) is 0 Å². The summed E-state index contributed by atoms with van der Waals surface area (Å²) in [5.41, 5.74) is -1.33. The first-order valence-electron chi connectivity index (χ1n) is 5.47. The molecule has 0 bridgehead atoms. The van der Waals surface area contributed by atoms with E-state index in [1.54, 1.807) is 27.7 Å². The van der Waals surface area contributed by atoms with E-state index in [9.17, 15) is 9.90 Å². The second-order valence-corrected chi connectivity index (χ2v) is 5.19. The number of phenols is 1. The van der Waals surface area contributed by atoms with Gasteiger partial charge in [-0.15, -0.1) is 0 Å². The minimum Gasteiger partial charge on any atom is -0.508 e. The van der Waals surface area contributed by atoms with Crippen LogP contribution in [-0.4, -0.2) is 27.3 Å². The number of nitrogens with one attached hydrogen (secondary N) is 1. The van der Waals surface area contributed by atoms with Crippen LogP contribution >= 0.6 is 0 Å². The SMILES string of the molecule is CC(C)(O)C(C)(C)NC(=O)c1ccc(O)cc1. The van der Waals surface area contributed by atoms with Gasteiger partial charge in [-0.05, 0) is 52.0 Å². The summed E-state index contributed by atoms with van der Waals surface area (Å²) in [6.45, 7) is 6.80. The number of aliphatic hydroxyl groups is 1. The lowest BCUT2D eigenvalue weighted by atomic mass is 9.86. The zero-order chi connectivity index (χ0) is 13.3. The Morgan fingerprint density at radius 2 is 1.59 bits per heavy atom. The molecule has 17 heavy (non-hydrogen) atoms. The third-order valence-electron chi connectivity index (χ3n) is 3.09. The molecule has 3 N–H and O–H groups in total. The van der Waals surface area contributed by atoms with Crippen LogP contribution < -0.4 is 5.32 Å². The van der Waals surface area contributed by atoms with Crippen molar-refractivity contribution in [3.63, 3.8) is 0 Å². The maximum absolute atomic E-state index is 11.9. The average molecular weight is 237 g/mol. The van der Waals surface area contributed by atoms with Crippen molar-refractivity contribution in [2.24, 2.45) is 0 Å². The monoisotopic (exact) mass is 237 g/mol. The molecule has 0 aromatic heterocycles. The Balaban J connectivity index is 2.83. The highest BCUT2D eigenvalue weighted by Gasteiger charge is 2.36. The van der Waals surface area contributed by atoms with Gasteiger partial charge in [0, 0.05) is 5.56 Å². The highest BCUT2D eigenvalue weighted by molar-refractivity contribution is 5.94. The molecule has 4 nitrogen and oxygen atoms in total. The fourth-order valence-electron chi connectivity index (χ4n) is 1.12. The summed E-state index contributed by atoms with van der Waals surface area (Å²) in [4.78, 5) is 11.9. The number of rotatable bonds is 3. The largest absolute Gasteiger partial charge is 0.508 e. The van der Waals surface area contributed by atoms with Gasteiger partial charge < -0.3 is 15.5 Å². The maximum atomic E-state index is 11.9. The van der Waals surface area contributed by atoms with E-state index >= 15 is 0 Å². The number of carbonyl (C=O) groups is 1. The molecular weight excluding hydrogens is 218 g/mol. The first kappa shape index (κ1) is 13.5. The van der Waals surface area contributed by atoms with Crippen molar-refractivity contribution in [1.82, 2.24) is 5.32 Å². The summed E-state index contributed by atoms with van der Waals surface area (Å²) >= 11 is 0. The summed E-state index contributed by atoms with van der Waals surface area (Å²) in [6.07, 6.45) is 0. The number of phenolic OH excluding ortho intramolecular Hbond substituents is 1. The first-order valence-corrected chi connectivity index (χ1v) is 5.47. The second kappa shape index (κ2) is 4.37. The van der Waals surface area contributed by atoms with Crippen LogP contribution in [0.4, 0.5) is 0 Å². The van der Waals surface area contributed by atoms with E-state index in [1.807, 2.05) is 0 Å². The van der Waals surface area contributed by atoms with Gasteiger partial charge in [0.05, 0.1) is 11.1 Å². The molecule has 0 unspecified atom stereocenters. The molecule has 0 saturated carbocycles. The van der Waals surface area contributed by atoms with E-state index in [1.165, 1.54) is 24.3 Å². The minimum absolute atomic E-state index is 0.114. The molecule has 0 aliphatic rings. The van der Waals surface area contributed by atoms with Gasteiger partial charge in [-0.2, -0.15) is 0 Å². The molecule has 0 fully saturated rings. The van der Waals surface area contributed by atoms with E-state index in [-0.39, 0.29) is 11.7 Å². The van der Waals surface area contributed by atoms with Crippen molar-refractivity contribution in [3.05, 3.63) is 29.8 Å². The Kier molecular flexibility index (Phi) is 3.48. The summed E-state index contributed by atoms with van der Waals surface area (Å²) in [6, 6.07) is 5.97. The van der Waals surface area contributed by atoms with Crippen molar-refractivity contribution in [1.29, 1.82) is 0 Å². The second-order valence-electron chi connectivity index (χ2n) is 5.19. The van der Waals surface area contributed by atoms with Crippen LogP contribution in [0.25, 0.3) is 0 Å². The molecule has 0 saturated heterocycles. The van der Waals surface area contributed by atoms with Gasteiger partial charge >= 0.3 is 0 Å². The molecule has 1 aromatic carbocycles. The Bertz CT molecular complexity index is 402.